The van der Waals surface area contributed by atoms with Crippen LogP contribution >= 0.6 is 12.2 Å². The molecule has 1 aromatic carbocycles. The van der Waals surface area contributed by atoms with Gasteiger partial charge in [0.2, 0.25) is 5.91 Å². The molecule has 1 aliphatic rings. The van der Waals surface area contributed by atoms with Crippen LogP contribution in [0.1, 0.15) is 35.5 Å². The third kappa shape index (κ3) is 4.93. The molecule has 0 aliphatic carbocycles. The number of hydrogen-bond acceptors (Lipinski definition) is 4. The quantitative estimate of drug-likeness (QED) is 0.376. The number of anilines is 1. The van der Waals surface area contributed by atoms with E-state index < -0.39 is 0 Å². The van der Waals surface area contributed by atoms with Crippen molar-refractivity contribution in [3.8, 4) is 5.82 Å². The van der Waals surface area contributed by atoms with Gasteiger partial charge in [-0.25, -0.2) is 4.98 Å². The van der Waals surface area contributed by atoms with E-state index in [2.05, 4.69) is 36.1 Å². The molecule has 1 saturated heterocycles. The van der Waals surface area contributed by atoms with Crippen molar-refractivity contribution in [2.45, 2.75) is 25.4 Å². The molecule has 1 fully saturated rings. The van der Waals surface area contributed by atoms with Crippen LogP contribution in [0.15, 0.2) is 91.4 Å². The van der Waals surface area contributed by atoms with Crippen LogP contribution in [0, 0.1) is 6.92 Å². The summed E-state index contributed by atoms with van der Waals surface area (Å²) in [6.45, 7) is 2.47. The fraction of sp³-hybridized carbons (Fsp3) is 0.185. The lowest BCUT2D eigenvalue weighted by Crippen LogP contribution is -2.33. The first-order valence-corrected chi connectivity index (χ1v) is 11.9. The number of aryl methyl sites for hydroxylation is 1. The zero-order chi connectivity index (χ0) is 24.2. The maximum Gasteiger partial charge on any atom is 0.226 e. The van der Waals surface area contributed by atoms with Crippen LogP contribution < -0.4 is 10.6 Å². The zero-order valence-corrected chi connectivity index (χ0v) is 20.2. The summed E-state index contributed by atoms with van der Waals surface area (Å²) in [5.41, 5.74) is 3.80. The van der Waals surface area contributed by atoms with Crippen LogP contribution in [0.5, 0.6) is 0 Å². The van der Waals surface area contributed by atoms with Gasteiger partial charge >= 0.3 is 0 Å². The lowest BCUT2D eigenvalue weighted by atomic mass is 10.0. The topological polar surface area (TPSA) is 75.1 Å². The molecule has 0 saturated carbocycles. The lowest BCUT2D eigenvalue weighted by molar-refractivity contribution is -0.116. The van der Waals surface area contributed by atoms with Crippen molar-refractivity contribution >= 4 is 28.9 Å². The van der Waals surface area contributed by atoms with Crippen molar-refractivity contribution in [3.05, 3.63) is 108 Å². The predicted octanol–water partition coefficient (Wildman–Crippen LogP) is 4.58. The Morgan fingerprint density at radius 3 is 2.60 bits per heavy atom. The van der Waals surface area contributed by atoms with Gasteiger partial charge < -0.3 is 20.1 Å². The number of thiocarbonyl (C=S) groups is 1. The first-order valence-electron chi connectivity index (χ1n) is 11.5. The Morgan fingerprint density at radius 1 is 1.03 bits per heavy atom. The summed E-state index contributed by atoms with van der Waals surface area (Å²) < 4.78 is 2.07. The molecule has 1 aliphatic heterocycles. The number of aromatic nitrogens is 3. The number of carbonyl (C=O) groups excluding carboxylic acids is 1. The number of rotatable bonds is 7. The fourth-order valence-electron chi connectivity index (χ4n) is 4.48. The van der Waals surface area contributed by atoms with Crippen molar-refractivity contribution < 1.29 is 4.79 Å². The van der Waals surface area contributed by atoms with Gasteiger partial charge in [-0.05, 0) is 73.2 Å². The van der Waals surface area contributed by atoms with E-state index in [1.165, 1.54) is 0 Å². The Bertz CT molecular complexity index is 1320. The largest absolute Gasteiger partial charge is 0.352 e. The van der Waals surface area contributed by atoms with Crippen molar-refractivity contribution in [1.29, 1.82) is 0 Å². The summed E-state index contributed by atoms with van der Waals surface area (Å²) in [5, 5.41) is 7.04. The average molecular weight is 483 g/mol. The molecule has 0 spiro atoms. The molecule has 7 nitrogen and oxygen atoms in total. The van der Waals surface area contributed by atoms with Gasteiger partial charge in [-0.1, -0.05) is 24.3 Å². The standard InChI is InChI=1S/C27H26N6OS/c1-19-8-6-9-20(18-19)30-24(34)13-17-33-26(25(31-27(33)35)21-10-2-4-14-28-21)22-11-7-16-32(22)23-12-3-5-15-29-23/h2-12,14-16,18,25-26H,13,17H2,1H3,(H,30,34)(H,31,35)/t25-,26+/m0/s1. The number of nitrogens with one attached hydrogen (secondary N) is 2. The van der Waals surface area contributed by atoms with E-state index in [1.807, 2.05) is 79.9 Å². The molecular weight excluding hydrogens is 456 g/mol. The van der Waals surface area contributed by atoms with Gasteiger partial charge in [0.15, 0.2) is 5.11 Å². The minimum Gasteiger partial charge on any atom is -0.352 e. The van der Waals surface area contributed by atoms with Crippen LogP contribution in [0.4, 0.5) is 5.69 Å². The molecule has 5 rings (SSSR count). The lowest BCUT2D eigenvalue weighted by Gasteiger charge is -2.28. The summed E-state index contributed by atoms with van der Waals surface area (Å²) in [6.07, 6.45) is 5.86. The van der Waals surface area contributed by atoms with E-state index >= 15 is 0 Å². The number of amides is 1. The molecule has 0 unspecified atom stereocenters. The van der Waals surface area contributed by atoms with Crippen molar-refractivity contribution in [2.75, 3.05) is 11.9 Å². The van der Waals surface area contributed by atoms with Crippen molar-refractivity contribution in [3.63, 3.8) is 0 Å². The Balaban J connectivity index is 1.43. The highest BCUT2D eigenvalue weighted by atomic mass is 32.1. The molecule has 0 bridgehead atoms. The van der Waals surface area contributed by atoms with Crippen LogP contribution in [0.2, 0.25) is 0 Å². The minimum absolute atomic E-state index is 0.0569. The van der Waals surface area contributed by atoms with E-state index in [4.69, 9.17) is 12.2 Å². The van der Waals surface area contributed by atoms with E-state index in [9.17, 15) is 4.79 Å². The molecule has 2 atom stereocenters. The second-order valence-corrected chi connectivity index (χ2v) is 8.87. The van der Waals surface area contributed by atoms with Gasteiger partial charge in [0, 0.05) is 42.9 Å². The maximum absolute atomic E-state index is 12.8. The SMILES string of the molecule is Cc1cccc(NC(=O)CCN2C(=S)N[C@@H](c3ccccn3)[C@H]2c2cccn2-c2ccccn2)c1. The Hall–Kier alpha value is -4.04. The predicted molar refractivity (Wildman–Crippen MR) is 140 cm³/mol. The smallest absolute Gasteiger partial charge is 0.226 e. The Labute approximate surface area is 209 Å². The second kappa shape index (κ2) is 10.1. The van der Waals surface area contributed by atoms with Gasteiger partial charge in [0.1, 0.15) is 5.82 Å². The first-order chi connectivity index (χ1) is 17.1. The highest BCUT2D eigenvalue weighted by molar-refractivity contribution is 7.80. The molecule has 1 amide bonds. The first kappa shape index (κ1) is 22.7. The zero-order valence-electron chi connectivity index (χ0n) is 19.3. The highest BCUT2D eigenvalue weighted by Crippen LogP contribution is 2.39. The molecule has 35 heavy (non-hydrogen) atoms. The summed E-state index contributed by atoms with van der Waals surface area (Å²) in [5.74, 6) is 0.765. The van der Waals surface area contributed by atoms with E-state index in [1.54, 1.807) is 12.4 Å². The van der Waals surface area contributed by atoms with Gasteiger partial charge in [0.25, 0.3) is 0 Å². The summed E-state index contributed by atoms with van der Waals surface area (Å²) in [6, 6.07) is 23.2. The van der Waals surface area contributed by atoms with E-state index in [0.717, 1.165) is 28.5 Å². The molecule has 4 heterocycles. The maximum atomic E-state index is 12.8. The summed E-state index contributed by atoms with van der Waals surface area (Å²) in [4.78, 5) is 24.0. The molecule has 2 N–H and O–H groups in total. The monoisotopic (exact) mass is 482 g/mol. The third-order valence-electron chi connectivity index (χ3n) is 6.06. The van der Waals surface area contributed by atoms with Crippen LogP contribution in [-0.2, 0) is 4.79 Å². The van der Waals surface area contributed by atoms with E-state index in [-0.39, 0.29) is 18.0 Å². The molecular formula is C27H26N6OS. The summed E-state index contributed by atoms with van der Waals surface area (Å²) >= 11 is 5.76. The van der Waals surface area contributed by atoms with Crippen molar-refractivity contribution in [1.82, 2.24) is 24.8 Å². The number of nitrogens with zero attached hydrogens (tertiary/aromatic N) is 4. The average Bonchev–Trinajstić information content (AvgIpc) is 3.48. The van der Waals surface area contributed by atoms with Crippen LogP contribution in [-0.4, -0.2) is 37.0 Å². The van der Waals surface area contributed by atoms with Crippen molar-refractivity contribution in [2.24, 2.45) is 0 Å². The number of hydrogen-bond donors (Lipinski definition) is 2. The number of benzene rings is 1. The van der Waals surface area contributed by atoms with Gasteiger partial charge in [-0.2, -0.15) is 0 Å². The molecule has 8 heteroatoms. The molecule has 176 valence electrons. The molecule has 0 radical (unpaired) electrons. The second-order valence-electron chi connectivity index (χ2n) is 8.48. The number of carbonyl (C=O) groups is 1. The van der Waals surface area contributed by atoms with Crippen LogP contribution in [0.3, 0.4) is 0 Å². The number of pyridine rings is 2. The summed E-state index contributed by atoms with van der Waals surface area (Å²) in [7, 11) is 0. The molecule has 4 aromatic rings. The normalized spacial score (nSPS) is 17.3. The molecule has 3 aromatic heterocycles. The van der Waals surface area contributed by atoms with Crippen LogP contribution in [0.25, 0.3) is 5.82 Å². The highest BCUT2D eigenvalue weighted by Gasteiger charge is 2.41. The Kier molecular flexibility index (Phi) is 6.54. The Morgan fingerprint density at radius 2 is 1.86 bits per heavy atom. The van der Waals surface area contributed by atoms with Gasteiger partial charge in [-0.15, -0.1) is 0 Å². The minimum atomic E-state index is -0.166. The van der Waals surface area contributed by atoms with E-state index in [0.29, 0.717) is 18.1 Å². The van der Waals surface area contributed by atoms with Gasteiger partial charge in [-0.3, -0.25) is 9.78 Å². The third-order valence-corrected chi connectivity index (χ3v) is 6.41. The van der Waals surface area contributed by atoms with Gasteiger partial charge in [0.05, 0.1) is 17.8 Å². The fourth-order valence-corrected chi connectivity index (χ4v) is 4.81.